The molecule has 1 saturated heterocycles. The number of ether oxygens (including phenoxy) is 1. The standard InChI is InChI=1S/C25H27BrFNO3/c1-15-24-22(21(9-10-26)18(14-29)12-23(24)25(30)31-15)8-7-20-6-5-17(13-28-20)16-3-2-4-19(27)11-16/h2-8,11,13,15,18,21-24,29H,9-10,12,14H2,1H3/b8-7+. The van der Waals surface area contributed by atoms with E-state index in [1.165, 1.54) is 12.1 Å². The quantitative estimate of drug-likeness (QED) is 0.454. The van der Waals surface area contributed by atoms with Crippen LogP contribution in [0.5, 0.6) is 0 Å². The fourth-order valence-electron chi connectivity index (χ4n) is 5.36. The van der Waals surface area contributed by atoms with E-state index < -0.39 is 0 Å². The molecule has 1 aromatic heterocycles. The van der Waals surface area contributed by atoms with Crippen LogP contribution >= 0.6 is 15.9 Å². The van der Waals surface area contributed by atoms with E-state index in [-0.39, 0.29) is 54.1 Å². The minimum atomic E-state index is -0.271. The number of hydrogen-bond donors (Lipinski definition) is 1. The molecule has 6 atom stereocenters. The van der Waals surface area contributed by atoms with E-state index in [0.29, 0.717) is 6.42 Å². The van der Waals surface area contributed by atoms with Crippen LogP contribution in [0.2, 0.25) is 0 Å². The van der Waals surface area contributed by atoms with E-state index >= 15 is 0 Å². The molecule has 1 aliphatic carbocycles. The number of rotatable bonds is 6. The van der Waals surface area contributed by atoms with E-state index in [1.807, 2.05) is 31.2 Å². The van der Waals surface area contributed by atoms with Crippen molar-refractivity contribution < 1.29 is 19.0 Å². The highest BCUT2D eigenvalue weighted by Crippen LogP contribution is 2.50. The first-order chi connectivity index (χ1) is 15.0. The van der Waals surface area contributed by atoms with Crippen LogP contribution in [-0.4, -0.2) is 34.1 Å². The number of fused-ring (bicyclic) bond motifs is 1. The van der Waals surface area contributed by atoms with Crippen LogP contribution in [0.1, 0.15) is 25.5 Å². The number of aliphatic hydroxyl groups excluding tert-OH is 1. The summed E-state index contributed by atoms with van der Waals surface area (Å²) in [4.78, 5) is 16.9. The topological polar surface area (TPSA) is 59.4 Å². The van der Waals surface area contributed by atoms with Crippen molar-refractivity contribution in [2.75, 3.05) is 11.9 Å². The number of halogens is 2. The molecule has 2 heterocycles. The number of carbonyl (C=O) groups is 1. The number of esters is 1. The lowest BCUT2D eigenvalue weighted by atomic mass is 9.60. The van der Waals surface area contributed by atoms with Gasteiger partial charge in [-0.15, -0.1) is 0 Å². The number of aromatic nitrogens is 1. The van der Waals surface area contributed by atoms with Crippen molar-refractivity contribution >= 4 is 28.0 Å². The molecule has 1 aliphatic heterocycles. The fraction of sp³-hybridized carbons (Fsp3) is 0.440. The summed E-state index contributed by atoms with van der Waals surface area (Å²) >= 11 is 3.56. The minimum Gasteiger partial charge on any atom is -0.462 e. The van der Waals surface area contributed by atoms with Crippen molar-refractivity contribution in [3.8, 4) is 11.1 Å². The van der Waals surface area contributed by atoms with Gasteiger partial charge in [-0.3, -0.25) is 9.78 Å². The Labute approximate surface area is 190 Å². The van der Waals surface area contributed by atoms with Crippen LogP contribution in [0, 0.1) is 35.4 Å². The second-order valence-electron chi connectivity index (χ2n) is 8.56. The summed E-state index contributed by atoms with van der Waals surface area (Å²) in [5.41, 5.74) is 2.45. The monoisotopic (exact) mass is 487 g/mol. The van der Waals surface area contributed by atoms with Gasteiger partial charge in [-0.1, -0.05) is 40.2 Å². The number of allylic oxidation sites excluding steroid dienone is 1. The third-order valence-electron chi connectivity index (χ3n) is 6.82. The summed E-state index contributed by atoms with van der Waals surface area (Å²) in [6, 6.07) is 10.3. The third-order valence-corrected chi connectivity index (χ3v) is 7.28. The summed E-state index contributed by atoms with van der Waals surface area (Å²) in [5.74, 6) is 0.0229. The van der Waals surface area contributed by atoms with Gasteiger partial charge in [-0.25, -0.2) is 4.39 Å². The average Bonchev–Trinajstić information content (AvgIpc) is 3.06. The molecule has 1 saturated carbocycles. The van der Waals surface area contributed by atoms with Gasteiger partial charge in [0.2, 0.25) is 0 Å². The van der Waals surface area contributed by atoms with Gasteiger partial charge in [0.25, 0.3) is 0 Å². The van der Waals surface area contributed by atoms with Crippen LogP contribution in [0.25, 0.3) is 17.2 Å². The Bertz CT molecular complexity index is 948. The Morgan fingerprint density at radius 2 is 2.13 bits per heavy atom. The largest absolute Gasteiger partial charge is 0.462 e. The van der Waals surface area contributed by atoms with Crippen molar-refractivity contribution in [2.45, 2.75) is 25.9 Å². The minimum absolute atomic E-state index is 0.0769. The van der Waals surface area contributed by atoms with Crippen molar-refractivity contribution in [1.29, 1.82) is 0 Å². The van der Waals surface area contributed by atoms with Gasteiger partial charge in [-0.2, -0.15) is 0 Å². The Hall–Kier alpha value is -2.05. The summed E-state index contributed by atoms with van der Waals surface area (Å²) in [6.45, 7) is 2.05. The van der Waals surface area contributed by atoms with Gasteiger partial charge in [-0.05, 0) is 67.4 Å². The molecular formula is C25H27BrFNO3. The van der Waals surface area contributed by atoms with E-state index in [4.69, 9.17) is 4.74 Å². The van der Waals surface area contributed by atoms with Crippen LogP contribution in [0.15, 0.2) is 48.7 Å². The zero-order valence-corrected chi connectivity index (χ0v) is 19.0. The number of carbonyl (C=O) groups excluding carboxylic acids is 1. The second kappa shape index (κ2) is 9.61. The molecule has 2 aliphatic rings. The Balaban J connectivity index is 1.59. The number of aliphatic hydroxyl groups is 1. The average molecular weight is 488 g/mol. The number of pyridine rings is 1. The summed E-state index contributed by atoms with van der Waals surface area (Å²) in [7, 11) is 0. The second-order valence-corrected chi connectivity index (χ2v) is 9.36. The third kappa shape index (κ3) is 4.60. The molecule has 0 spiro atoms. The molecule has 0 amide bonds. The first kappa shape index (κ1) is 22.2. The first-order valence-electron chi connectivity index (χ1n) is 10.8. The van der Waals surface area contributed by atoms with Crippen LogP contribution in [0.3, 0.4) is 0 Å². The first-order valence-corrected chi connectivity index (χ1v) is 11.9. The zero-order valence-electron chi connectivity index (χ0n) is 17.5. The Morgan fingerprint density at radius 1 is 1.29 bits per heavy atom. The maximum atomic E-state index is 13.5. The number of alkyl halides is 1. The number of hydrogen-bond acceptors (Lipinski definition) is 4. The highest BCUT2D eigenvalue weighted by molar-refractivity contribution is 9.09. The van der Waals surface area contributed by atoms with Crippen molar-refractivity contribution in [3.63, 3.8) is 0 Å². The molecule has 4 rings (SSSR count). The van der Waals surface area contributed by atoms with Crippen LogP contribution in [-0.2, 0) is 9.53 Å². The maximum absolute atomic E-state index is 13.5. The van der Waals surface area contributed by atoms with Gasteiger partial charge >= 0.3 is 5.97 Å². The molecule has 4 nitrogen and oxygen atoms in total. The summed E-state index contributed by atoms with van der Waals surface area (Å²) < 4.78 is 19.1. The normalized spacial score (nSPS) is 30.4. The molecule has 1 aromatic carbocycles. The molecule has 1 N–H and O–H groups in total. The van der Waals surface area contributed by atoms with E-state index in [2.05, 4.69) is 27.0 Å². The lowest BCUT2D eigenvalue weighted by molar-refractivity contribution is -0.144. The SMILES string of the molecule is CC1OC(=O)C2CC(CO)C(CCBr)C(/C=C/c3ccc(-c4cccc(F)c4)cn3)C12. The predicted octanol–water partition coefficient (Wildman–Crippen LogP) is 5.11. The van der Waals surface area contributed by atoms with Gasteiger partial charge in [0.15, 0.2) is 0 Å². The van der Waals surface area contributed by atoms with Crippen molar-refractivity contribution in [2.24, 2.45) is 29.6 Å². The lowest BCUT2D eigenvalue weighted by Crippen LogP contribution is -2.42. The Morgan fingerprint density at radius 3 is 2.81 bits per heavy atom. The van der Waals surface area contributed by atoms with Crippen molar-refractivity contribution in [1.82, 2.24) is 4.98 Å². The molecule has 0 radical (unpaired) electrons. The number of nitrogens with zero attached hydrogens (tertiary/aromatic N) is 1. The van der Waals surface area contributed by atoms with E-state index in [9.17, 15) is 14.3 Å². The molecule has 31 heavy (non-hydrogen) atoms. The molecule has 6 unspecified atom stereocenters. The van der Waals surface area contributed by atoms with E-state index in [0.717, 1.165) is 28.6 Å². The van der Waals surface area contributed by atoms with Gasteiger partial charge in [0.05, 0.1) is 11.6 Å². The molecule has 164 valence electrons. The highest BCUT2D eigenvalue weighted by atomic mass is 79.9. The zero-order chi connectivity index (χ0) is 22.0. The smallest absolute Gasteiger partial charge is 0.309 e. The van der Waals surface area contributed by atoms with Gasteiger partial charge in [0.1, 0.15) is 11.9 Å². The predicted molar refractivity (Wildman–Crippen MR) is 122 cm³/mol. The van der Waals surface area contributed by atoms with Crippen molar-refractivity contribution in [3.05, 3.63) is 60.2 Å². The number of benzene rings is 1. The maximum Gasteiger partial charge on any atom is 0.309 e. The Kier molecular flexibility index (Phi) is 6.87. The van der Waals surface area contributed by atoms with Gasteiger partial charge in [0, 0.05) is 29.6 Å². The number of cyclic esters (lactones) is 1. The molecule has 0 bridgehead atoms. The lowest BCUT2D eigenvalue weighted by Gasteiger charge is -2.42. The molecular weight excluding hydrogens is 461 g/mol. The fourth-order valence-corrected chi connectivity index (χ4v) is 5.88. The van der Waals surface area contributed by atoms with Gasteiger partial charge < -0.3 is 9.84 Å². The molecule has 6 heteroatoms. The van der Waals surface area contributed by atoms with E-state index in [1.54, 1.807) is 12.3 Å². The molecule has 2 fully saturated rings. The summed E-state index contributed by atoms with van der Waals surface area (Å²) in [6.07, 6.45) is 7.37. The van der Waals surface area contributed by atoms with Crippen LogP contribution in [0.4, 0.5) is 4.39 Å². The van der Waals surface area contributed by atoms with Crippen LogP contribution < -0.4 is 0 Å². The highest BCUT2D eigenvalue weighted by Gasteiger charge is 2.53. The summed E-state index contributed by atoms with van der Waals surface area (Å²) in [5, 5.41) is 10.8. The molecule has 2 aromatic rings.